The van der Waals surface area contributed by atoms with Gasteiger partial charge in [0.1, 0.15) is 17.3 Å². The van der Waals surface area contributed by atoms with Gasteiger partial charge in [-0.3, -0.25) is 4.98 Å². The Bertz CT molecular complexity index is 1270. The molecule has 0 bridgehead atoms. The fraction of sp³-hybridized carbons (Fsp3) is 0.320. The molecule has 0 saturated carbocycles. The predicted octanol–water partition coefficient (Wildman–Crippen LogP) is 3.49. The Hall–Kier alpha value is -3.36. The number of imidazole rings is 1. The van der Waals surface area contributed by atoms with Crippen LogP contribution in [0.15, 0.2) is 54.7 Å². The third-order valence-electron chi connectivity index (χ3n) is 6.21. The van der Waals surface area contributed by atoms with Crippen molar-refractivity contribution in [1.29, 1.82) is 0 Å². The van der Waals surface area contributed by atoms with E-state index in [0.717, 1.165) is 59.3 Å². The van der Waals surface area contributed by atoms with Crippen LogP contribution in [0, 0.1) is 11.7 Å². The predicted molar refractivity (Wildman–Crippen MR) is 128 cm³/mol. The maximum Gasteiger partial charge on any atom is 0.155 e. The average molecular weight is 446 g/mol. The number of fused-ring (bicyclic) bond motifs is 1. The standard InChI is InChI=1S/C25H28FN7/c1-16(2)21-15-32(12-11-29-21)23-8-7-22-30-24(17-3-5-19(26)6-4-17)25(33(22)31-23)18-9-10-28-20(13-18)14-27/h3-10,13,16,21,29H,11-12,14-15,27H2,1-2H3. The first-order valence-electron chi connectivity index (χ1n) is 11.3. The molecule has 5 rings (SSSR count). The summed E-state index contributed by atoms with van der Waals surface area (Å²) >= 11 is 0. The Morgan fingerprint density at radius 1 is 1.12 bits per heavy atom. The number of nitrogens with one attached hydrogen (secondary N) is 1. The molecule has 0 amide bonds. The van der Waals surface area contributed by atoms with Gasteiger partial charge in [-0.2, -0.15) is 0 Å². The number of pyridine rings is 1. The summed E-state index contributed by atoms with van der Waals surface area (Å²) in [6.07, 6.45) is 1.75. The van der Waals surface area contributed by atoms with Crippen LogP contribution in [0.2, 0.25) is 0 Å². The van der Waals surface area contributed by atoms with Crippen LogP contribution in [0.4, 0.5) is 10.2 Å². The number of hydrogen-bond donors (Lipinski definition) is 2. The zero-order valence-electron chi connectivity index (χ0n) is 18.9. The van der Waals surface area contributed by atoms with Crippen molar-refractivity contribution < 1.29 is 4.39 Å². The molecular formula is C25H28FN7. The van der Waals surface area contributed by atoms with Crippen LogP contribution >= 0.6 is 0 Å². The van der Waals surface area contributed by atoms with Crippen LogP contribution in [-0.4, -0.2) is 45.3 Å². The van der Waals surface area contributed by atoms with Gasteiger partial charge in [0.25, 0.3) is 0 Å². The van der Waals surface area contributed by atoms with E-state index >= 15 is 0 Å². The van der Waals surface area contributed by atoms with E-state index in [4.69, 9.17) is 15.8 Å². The molecule has 0 spiro atoms. The minimum Gasteiger partial charge on any atom is -0.352 e. The van der Waals surface area contributed by atoms with Crippen molar-refractivity contribution in [3.05, 3.63) is 66.2 Å². The van der Waals surface area contributed by atoms with E-state index in [9.17, 15) is 4.39 Å². The van der Waals surface area contributed by atoms with Gasteiger partial charge < -0.3 is 16.0 Å². The largest absolute Gasteiger partial charge is 0.352 e. The Balaban J connectivity index is 1.66. The molecule has 4 aromatic rings. The SMILES string of the molecule is CC(C)C1CN(c2ccc3nc(-c4ccc(F)cc4)c(-c4ccnc(CN)c4)n3n2)CCN1. The molecule has 0 aliphatic carbocycles. The van der Waals surface area contributed by atoms with Gasteiger partial charge >= 0.3 is 0 Å². The Morgan fingerprint density at radius 3 is 2.70 bits per heavy atom. The van der Waals surface area contributed by atoms with Crippen molar-refractivity contribution >= 4 is 11.5 Å². The summed E-state index contributed by atoms with van der Waals surface area (Å²) in [5, 5.41) is 8.61. The number of anilines is 1. The number of rotatable bonds is 5. The highest BCUT2D eigenvalue weighted by Gasteiger charge is 2.24. The maximum absolute atomic E-state index is 13.6. The van der Waals surface area contributed by atoms with Crippen LogP contribution < -0.4 is 16.0 Å². The first-order chi connectivity index (χ1) is 16.0. The van der Waals surface area contributed by atoms with E-state index in [1.54, 1.807) is 18.3 Å². The Labute approximate surface area is 192 Å². The lowest BCUT2D eigenvalue weighted by Gasteiger charge is -2.36. The first kappa shape index (κ1) is 21.5. The van der Waals surface area contributed by atoms with Gasteiger partial charge in [-0.15, -0.1) is 5.10 Å². The van der Waals surface area contributed by atoms with E-state index in [1.807, 2.05) is 28.8 Å². The third-order valence-corrected chi connectivity index (χ3v) is 6.21. The highest BCUT2D eigenvalue weighted by molar-refractivity contribution is 5.81. The number of aromatic nitrogens is 4. The molecular weight excluding hydrogens is 417 g/mol. The van der Waals surface area contributed by atoms with Crippen LogP contribution in [0.3, 0.4) is 0 Å². The van der Waals surface area contributed by atoms with Crippen LogP contribution in [0.25, 0.3) is 28.2 Å². The van der Waals surface area contributed by atoms with Gasteiger partial charge in [0.2, 0.25) is 0 Å². The summed E-state index contributed by atoms with van der Waals surface area (Å²) in [4.78, 5) is 11.5. The molecule has 8 heteroatoms. The van der Waals surface area contributed by atoms with E-state index in [2.05, 4.69) is 29.0 Å². The molecule has 0 radical (unpaired) electrons. The number of halogens is 1. The highest BCUT2D eigenvalue weighted by atomic mass is 19.1. The maximum atomic E-state index is 13.6. The molecule has 1 fully saturated rings. The minimum atomic E-state index is -0.280. The van der Waals surface area contributed by atoms with Gasteiger partial charge in [0.05, 0.1) is 11.4 Å². The van der Waals surface area contributed by atoms with Crippen molar-refractivity contribution in [3.63, 3.8) is 0 Å². The molecule has 33 heavy (non-hydrogen) atoms. The lowest BCUT2D eigenvalue weighted by molar-refractivity contribution is 0.367. The average Bonchev–Trinajstić information content (AvgIpc) is 3.23. The molecule has 7 nitrogen and oxygen atoms in total. The number of nitrogens with zero attached hydrogens (tertiary/aromatic N) is 5. The van der Waals surface area contributed by atoms with E-state index in [0.29, 0.717) is 18.5 Å². The summed E-state index contributed by atoms with van der Waals surface area (Å²) in [6, 6.07) is 14.7. The van der Waals surface area contributed by atoms with Gasteiger partial charge in [-0.1, -0.05) is 13.8 Å². The summed E-state index contributed by atoms with van der Waals surface area (Å²) in [7, 11) is 0. The molecule has 3 N–H and O–H groups in total. The third kappa shape index (κ3) is 4.19. The summed E-state index contributed by atoms with van der Waals surface area (Å²) in [6.45, 7) is 7.52. The second kappa shape index (κ2) is 8.88. The van der Waals surface area contributed by atoms with E-state index in [1.165, 1.54) is 12.1 Å². The number of benzene rings is 1. The number of piperazine rings is 1. The monoisotopic (exact) mass is 445 g/mol. The smallest absolute Gasteiger partial charge is 0.155 e. The second-order valence-corrected chi connectivity index (χ2v) is 8.77. The molecule has 1 aromatic carbocycles. The Morgan fingerprint density at radius 2 is 1.94 bits per heavy atom. The normalized spacial score (nSPS) is 16.6. The van der Waals surface area contributed by atoms with E-state index in [-0.39, 0.29) is 5.82 Å². The molecule has 1 unspecified atom stereocenters. The highest BCUT2D eigenvalue weighted by Crippen LogP contribution is 2.33. The zero-order valence-corrected chi connectivity index (χ0v) is 18.9. The van der Waals surface area contributed by atoms with Crippen LogP contribution in [0.1, 0.15) is 19.5 Å². The first-order valence-corrected chi connectivity index (χ1v) is 11.3. The van der Waals surface area contributed by atoms with Crippen molar-refractivity contribution in [1.82, 2.24) is 24.9 Å². The van der Waals surface area contributed by atoms with Crippen LogP contribution in [0.5, 0.6) is 0 Å². The lowest BCUT2D eigenvalue weighted by atomic mass is 10.0. The van der Waals surface area contributed by atoms with Crippen molar-refractivity contribution in [2.24, 2.45) is 11.7 Å². The van der Waals surface area contributed by atoms with Gasteiger partial charge in [0.15, 0.2) is 5.65 Å². The summed E-state index contributed by atoms with van der Waals surface area (Å²) < 4.78 is 15.5. The zero-order chi connectivity index (χ0) is 22.9. The fourth-order valence-corrected chi connectivity index (χ4v) is 4.33. The quantitative estimate of drug-likeness (QED) is 0.489. The lowest BCUT2D eigenvalue weighted by Crippen LogP contribution is -2.53. The van der Waals surface area contributed by atoms with Gasteiger partial charge in [0, 0.05) is 49.5 Å². The van der Waals surface area contributed by atoms with E-state index < -0.39 is 0 Å². The van der Waals surface area contributed by atoms with Crippen molar-refractivity contribution in [3.8, 4) is 22.5 Å². The minimum absolute atomic E-state index is 0.280. The van der Waals surface area contributed by atoms with Gasteiger partial charge in [-0.25, -0.2) is 13.9 Å². The topological polar surface area (TPSA) is 84.4 Å². The molecule has 1 aliphatic rings. The molecule has 3 aromatic heterocycles. The van der Waals surface area contributed by atoms with Gasteiger partial charge in [-0.05, 0) is 54.4 Å². The molecule has 1 saturated heterocycles. The Kier molecular flexibility index (Phi) is 5.78. The number of hydrogen-bond acceptors (Lipinski definition) is 6. The molecule has 1 atom stereocenters. The summed E-state index contributed by atoms with van der Waals surface area (Å²) in [5.74, 6) is 1.17. The second-order valence-electron chi connectivity index (χ2n) is 8.77. The molecule has 4 heterocycles. The summed E-state index contributed by atoms with van der Waals surface area (Å²) in [5.41, 5.74) is 10.7. The number of nitrogens with two attached hydrogens (primary N) is 1. The molecule has 1 aliphatic heterocycles. The van der Waals surface area contributed by atoms with Crippen LogP contribution in [-0.2, 0) is 6.54 Å². The van der Waals surface area contributed by atoms with Crippen molar-refractivity contribution in [2.75, 3.05) is 24.5 Å². The fourth-order valence-electron chi connectivity index (χ4n) is 4.33. The van der Waals surface area contributed by atoms with Crippen molar-refractivity contribution in [2.45, 2.75) is 26.4 Å². The molecule has 170 valence electrons.